The van der Waals surface area contributed by atoms with Crippen molar-refractivity contribution in [2.45, 2.75) is 13.8 Å². The number of hydrogen-bond donors (Lipinski definition) is 2. The Hall–Kier alpha value is -2.10. The Bertz CT molecular complexity index is 492. The van der Waals surface area contributed by atoms with Crippen molar-refractivity contribution in [2.75, 3.05) is 0 Å². The van der Waals surface area contributed by atoms with Crippen molar-refractivity contribution in [3.63, 3.8) is 0 Å². The highest BCUT2D eigenvalue weighted by Crippen LogP contribution is 2.20. The van der Waals surface area contributed by atoms with Gasteiger partial charge in [-0.25, -0.2) is 0 Å². The van der Waals surface area contributed by atoms with Crippen LogP contribution in [0.3, 0.4) is 0 Å². The number of aryl methyl sites for hydroxylation is 2. The molecular weight excluding hydrogens is 202 g/mol. The zero-order valence-electron chi connectivity index (χ0n) is 9.23. The van der Waals surface area contributed by atoms with Gasteiger partial charge in [-0.2, -0.15) is 5.10 Å². The van der Waals surface area contributed by atoms with E-state index in [2.05, 4.69) is 15.2 Å². The third-order valence-corrected chi connectivity index (χ3v) is 2.33. The lowest BCUT2D eigenvalue weighted by Gasteiger charge is -1.94. The molecule has 2 rings (SSSR count). The Morgan fingerprint density at radius 2 is 1.94 bits per heavy atom. The largest absolute Gasteiger partial charge is 0.508 e. The summed E-state index contributed by atoms with van der Waals surface area (Å²) in [6.07, 6.45) is 1.75. The van der Waals surface area contributed by atoms with Crippen LogP contribution in [0.2, 0.25) is 0 Å². The molecule has 4 nitrogen and oxygen atoms in total. The van der Waals surface area contributed by atoms with Gasteiger partial charge in [0, 0.05) is 6.21 Å². The number of phenols is 1. The van der Waals surface area contributed by atoms with Gasteiger partial charge in [0.1, 0.15) is 11.4 Å². The van der Waals surface area contributed by atoms with E-state index in [4.69, 9.17) is 5.11 Å². The zero-order valence-corrected chi connectivity index (χ0v) is 9.23. The van der Waals surface area contributed by atoms with Crippen LogP contribution in [0.25, 0.3) is 0 Å². The monoisotopic (exact) mass is 215 g/mol. The zero-order chi connectivity index (χ0) is 11.5. The third kappa shape index (κ3) is 2.11. The van der Waals surface area contributed by atoms with Crippen molar-refractivity contribution in [1.29, 1.82) is 0 Å². The van der Waals surface area contributed by atoms with Gasteiger partial charge in [-0.1, -0.05) is 0 Å². The number of rotatable bonds is 2. The van der Waals surface area contributed by atoms with Crippen LogP contribution >= 0.6 is 0 Å². The van der Waals surface area contributed by atoms with E-state index in [1.807, 2.05) is 26.0 Å². The molecule has 1 aromatic carbocycles. The summed E-state index contributed by atoms with van der Waals surface area (Å²) in [5.74, 6) is 0.257. The van der Waals surface area contributed by atoms with Gasteiger partial charge in [-0.05, 0) is 43.7 Å². The maximum atomic E-state index is 9.14. The van der Waals surface area contributed by atoms with Crippen molar-refractivity contribution in [1.82, 2.24) is 10.2 Å². The normalized spacial score (nSPS) is 11.1. The second kappa shape index (κ2) is 4.18. The Labute approximate surface area is 93.7 Å². The van der Waals surface area contributed by atoms with Crippen LogP contribution in [0.5, 0.6) is 5.75 Å². The molecule has 0 saturated carbocycles. The minimum atomic E-state index is 0.257. The lowest BCUT2D eigenvalue weighted by atomic mass is 10.2. The molecule has 0 aliphatic rings. The maximum Gasteiger partial charge on any atom is 0.115 e. The van der Waals surface area contributed by atoms with Crippen LogP contribution in [-0.4, -0.2) is 21.5 Å². The second-order valence-corrected chi connectivity index (χ2v) is 3.63. The number of H-pyrrole nitrogens is 1. The summed E-state index contributed by atoms with van der Waals surface area (Å²) < 4.78 is 0. The van der Waals surface area contributed by atoms with E-state index < -0.39 is 0 Å². The molecule has 4 heteroatoms. The molecule has 0 aliphatic carbocycles. The SMILES string of the molecule is Cc1n[nH]c(C)c1N=Cc1ccc(O)cc1. The predicted octanol–water partition coefficient (Wildman–Crippen LogP) is 2.48. The first-order valence-corrected chi connectivity index (χ1v) is 5.01. The van der Waals surface area contributed by atoms with Gasteiger partial charge in [0.25, 0.3) is 0 Å². The fourth-order valence-electron chi connectivity index (χ4n) is 1.43. The topological polar surface area (TPSA) is 61.3 Å². The van der Waals surface area contributed by atoms with E-state index in [0.29, 0.717) is 0 Å². The summed E-state index contributed by atoms with van der Waals surface area (Å²) in [4.78, 5) is 4.36. The van der Waals surface area contributed by atoms with Crippen LogP contribution < -0.4 is 0 Å². The second-order valence-electron chi connectivity index (χ2n) is 3.63. The smallest absolute Gasteiger partial charge is 0.115 e. The van der Waals surface area contributed by atoms with E-state index in [1.54, 1.807) is 18.3 Å². The average molecular weight is 215 g/mol. The maximum absolute atomic E-state index is 9.14. The van der Waals surface area contributed by atoms with Crippen molar-refractivity contribution in [3.8, 4) is 5.75 Å². The lowest BCUT2D eigenvalue weighted by molar-refractivity contribution is 0.475. The van der Waals surface area contributed by atoms with Crippen LogP contribution in [0.15, 0.2) is 29.3 Å². The first-order chi connectivity index (χ1) is 7.66. The fraction of sp³-hybridized carbons (Fsp3) is 0.167. The number of aliphatic imine (C=N–C) groups is 1. The van der Waals surface area contributed by atoms with Crippen LogP contribution in [0.4, 0.5) is 5.69 Å². The Kier molecular flexibility index (Phi) is 2.72. The Morgan fingerprint density at radius 1 is 1.25 bits per heavy atom. The van der Waals surface area contributed by atoms with Crippen LogP contribution in [0.1, 0.15) is 17.0 Å². The predicted molar refractivity (Wildman–Crippen MR) is 63.4 cm³/mol. The summed E-state index contributed by atoms with van der Waals surface area (Å²) in [6.45, 7) is 3.84. The van der Waals surface area contributed by atoms with E-state index in [9.17, 15) is 0 Å². The summed E-state index contributed by atoms with van der Waals surface area (Å²) in [5.41, 5.74) is 3.64. The highest BCUT2D eigenvalue weighted by atomic mass is 16.3. The molecule has 0 spiro atoms. The summed E-state index contributed by atoms with van der Waals surface area (Å²) >= 11 is 0. The number of aromatic amines is 1. The van der Waals surface area contributed by atoms with Gasteiger partial charge in [-0.3, -0.25) is 10.1 Å². The number of aromatic hydroxyl groups is 1. The summed E-state index contributed by atoms with van der Waals surface area (Å²) in [7, 11) is 0. The van der Waals surface area contributed by atoms with Gasteiger partial charge >= 0.3 is 0 Å². The number of nitrogens with zero attached hydrogens (tertiary/aromatic N) is 2. The van der Waals surface area contributed by atoms with E-state index in [-0.39, 0.29) is 5.75 Å². The quantitative estimate of drug-likeness (QED) is 0.756. The molecule has 0 radical (unpaired) electrons. The fourth-order valence-corrected chi connectivity index (χ4v) is 1.43. The van der Waals surface area contributed by atoms with Crippen LogP contribution in [-0.2, 0) is 0 Å². The molecule has 1 aromatic heterocycles. The molecule has 0 aliphatic heterocycles. The standard InChI is InChI=1S/C12H13N3O/c1-8-12(9(2)15-14-8)13-7-10-3-5-11(16)6-4-10/h3-7,16H,1-2H3,(H,14,15). The number of nitrogens with one attached hydrogen (secondary N) is 1. The number of benzene rings is 1. The molecule has 82 valence electrons. The highest BCUT2D eigenvalue weighted by molar-refractivity contribution is 5.82. The molecule has 16 heavy (non-hydrogen) atoms. The molecule has 1 heterocycles. The first-order valence-electron chi connectivity index (χ1n) is 5.01. The Balaban J connectivity index is 2.24. The third-order valence-electron chi connectivity index (χ3n) is 2.33. The summed E-state index contributed by atoms with van der Waals surface area (Å²) in [5, 5.41) is 16.1. The number of hydrogen-bond acceptors (Lipinski definition) is 3. The van der Waals surface area contributed by atoms with Gasteiger partial charge in [0.2, 0.25) is 0 Å². The van der Waals surface area contributed by atoms with Gasteiger partial charge in [-0.15, -0.1) is 0 Å². The van der Waals surface area contributed by atoms with E-state index in [0.717, 1.165) is 22.6 Å². The van der Waals surface area contributed by atoms with Gasteiger partial charge in [0.05, 0.1) is 11.4 Å². The molecular formula is C12H13N3O. The lowest BCUT2D eigenvalue weighted by Crippen LogP contribution is -1.80. The van der Waals surface area contributed by atoms with Crippen LogP contribution in [0, 0.1) is 13.8 Å². The molecule has 0 amide bonds. The van der Waals surface area contributed by atoms with Gasteiger partial charge in [0.15, 0.2) is 0 Å². The molecule has 0 saturated heterocycles. The first kappa shape index (κ1) is 10.4. The number of aromatic nitrogens is 2. The molecule has 0 bridgehead atoms. The molecule has 0 fully saturated rings. The van der Waals surface area contributed by atoms with Crippen molar-refractivity contribution >= 4 is 11.9 Å². The molecule has 2 N–H and O–H groups in total. The molecule has 2 aromatic rings. The average Bonchev–Trinajstić information content (AvgIpc) is 2.59. The minimum Gasteiger partial charge on any atom is -0.508 e. The van der Waals surface area contributed by atoms with Crippen molar-refractivity contribution in [3.05, 3.63) is 41.2 Å². The Morgan fingerprint density at radius 3 is 2.50 bits per heavy atom. The molecule has 0 unspecified atom stereocenters. The van der Waals surface area contributed by atoms with Crippen molar-refractivity contribution < 1.29 is 5.11 Å². The van der Waals surface area contributed by atoms with E-state index in [1.165, 1.54) is 0 Å². The highest BCUT2D eigenvalue weighted by Gasteiger charge is 2.02. The minimum absolute atomic E-state index is 0.257. The number of phenolic OH excluding ortho intramolecular Hbond substituents is 1. The molecule has 0 atom stereocenters. The van der Waals surface area contributed by atoms with E-state index >= 15 is 0 Å². The summed E-state index contributed by atoms with van der Waals surface area (Å²) in [6, 6.07) is 6.89. The van der Waals surface area contributed by atoms with Crippen molar-refractivity contribution in [2.24, 2.45) is 4.99 Å². The van der Waals surface area contributed by atoms with Gasteiger partial charge < -0.3 is 5.11 Å².